The molecule has 2 N–H and O–H groups in total. The first-order valence-electron chi connectivity index (χ1n) is 9.35. The maximum atomic E-state index is 12.9. The summed E-state index contributed by atoms with van der Waals surface area (Å²) in [4.78, 5) is 11.8. The maximum absolute atomic E-state index is 12.9. The second-order valence-corrected chi connectivity index (χ2v) is 7.26. The molecule has 0 saturated heterocycles. The first-order valence-corrected chi connectivity index (χ1v) is 9.35. The highest BCUT2D eigenvalue weighted by Gasteiger charge is 2.32. The van der Waals surface area contributed by atoms with Crippen LogP contribution in [0.3, 0.4) is 0 Å². The van der Waals surface area contributed by atoms with Crippen molar-refractivity contribution in [3.05, 3.63) is 60.2 Å². The van der Waals surface area contributed by atoms with Gasteiger partial charge in [0.05, 0.1) is 5.69 Å². The Bertz CT molecular complexity index is 1020. The normalized spacial score (nSPS) is 13.9. The molecular formula is C21H20F3N5. The highest BCUT2D eigenvalue weighted by Crippen LogP contribution is 2.31. The highest BCUT2D eigenvalue weighted by molar-refractivity contribution is 5.72. The van der Waals surface area contributed by atoms with Gasteiger partial charge in [-0.1, -0.05) is 6.07 Å². The summed E-state index contributed by atoms with van der Waals surface area (Å²) in [6.07, 6.45) is 2.67. The molecule has 1 aliphatic rings. The Kier molecular flexibility index (Phi) is 5.08. The van der Waals surface area contributed by atoms with Gasteiger partial charge >= 0.3 is 6.18 Å². The van der Waals surface area contributed by atoms with E-state index in [9.17, 15) is 13.2 Å². The van der Waals surface area contributed by atoms with E-state index in [0.717, 1.165) is 47.1 Å². The van der Waals surface area contributed by atoms with Crippen LogP contribution in [0.2, 0.25) is 0 Å². The van der Waals surface area contributed by atoms with Crippen LogP contribution in [-0.4, -0.2) is 21.5 Å². The first-order chi connectivity index (χ1) is 13.9. The molecule has 2 heterocycles. The molecule has 2 aromatic heterocycles. The third kappa shape index (κ3) is 5.01. The van der Waals surface area contributed by atoms with Crippen LogP contribution >= 0.6 is 0 Å². The highest BCUT2D eigenvalue weighted by atomic mass is 19.4. The van der Waals surface area contributed by atoms with E-state index >= 15 is 0 Å². The fourth-order valence-electron chi connectivity index (χ4n) is 3.01. The number of anilines is 3. The summed E-state index contributed by atoms with van der Waals surface area (Å²) in [5.41, 5.74) is 3.35. The molecule has 1 saturated carbocycles. The van der Waals surface area contributed by atoms with Crippen LogP contribution in [0.5, 0.6) is 0 Å². The number of aryl methyl sites for hydroxylation is 1. The van der Waals surface area contributed by atoms with Crippen molar-refractivity contribution in [3.8, 4) is 11.1 Å². The number of pyridine rings is 1. The Labute approximate surface area is 166 Å². The van der Waals surface area contributed by atoms with Gasteiger partial charge in [-0.2, -0.15) is 13.2 Å². The molecular weight excluding hydrogens is 379 g/mol. The van der Waals surface area contributed by atoms with E-state index in [2.05, 4.69) is 25.6 Å². The van der Waals surface area contributed by atoms with E-state index in [4.69, 9.17) is 0 Å². The molecule has 0 atom stereocenters. The zero-order valence-electron chi connectivity index (χ0n) is 15.8. The predicted molar refractivity (Wildman–Crippen MR) is 106 cm³/mol. The fourth-order valence-corrected chi connectivity index (χ4v) is 3.01. The van der Waals surface area contributed by atoms with Gasteiger partial charge in [-0.15, -0.1) is 0 Å². The third-order valence-corrected chi connectivity index (χ3v) is 4.64. The Morgan fingerprint density at radius 3 is 2.59 bits per heavy atom. The standard InChI is InChI=1S/C21H20F3N5/c1-13-6-15(16-9-18(12-25-11-16)27-10-14-2-3-14)8-17(7-13)28-20-26-5-4-19(29-20)21(22,23)24/h4-9,11-12,14,27H,2-3,10H2,1H3,(H,26,28,29). The summed E-state index contributed by atoms with van der Waals surface area (Å²) < 4.78 is 38.6. The van der Waals surface area contributed by atoms with Gasteiger partial charge in [0.25, 0.3) is 0 Å². The molecule has 0 aliphatic heterocycles. The minimum atomic E-state index is -4.52. The molecule has 3 aromatic rings. The Morgan fingerprint density at radius 1 is 1.03 bits per heavy atom. The van der Waals surface area contributed by atoms with Gasteiger partial charge in [0, 0.05) is 36.4 Å². The molecule has 1 aromatic carbocycles. The van der Waals surface area contributed by atoms with E-state index < -0.39 is 11.9 Å². The summed E-state index contributed by atoms with van der Waals surface area (Å²) >= 11 is 0. The molecule has 1 aliphatic carbocycles. The SMILES string of the molecule is Cc1cc(Nc2nccc(C(F)(F)F)n2)cc(-c2cncc(NCC3CC3)c2)c1. The molecule has 150 valence electrons. The molecule has 0 bridgehead atoms. The number of benzene rings is 1. The minimum Gasteiger partial charge on any atom is -0.384 e. The lowest BCUT2D eigenvalue weighted by Crippen LogP contribution is -2.10. The average molecular weight is 399 g/mol. The van der Waals surface area contributed by atoms with Gasteiger partial charge in [0.15, 0.2) is 0 Å². The molecule has 4 rings (SSSR count). The molecule has 0 radical (unpaired) electrons. The summed E-state index contributed by atoms with van der Waals surface area (Å²) in [6.45, 7) is 2.86. The van der Waals surface area contributed by atoms with Crippen molar-refractivity contribution in [2.75, 3.05) is 17.2 Å². The summed E-state index contributed by atoms with van der Waals surface area (Å²) in [7, 11) is 0. The van der Waals surface area contributed by atoms with Crippen molar-refractivity contribution in [2.24, 2.45) is 5.92 Å². The molecule has 5 nitrogen and oxygen atoms in total. The Morgan fingerprint density at radius 2 is 1.83 bits per heavy atom. The van der Waals surface area contributed by atoms with Gasteiger partial charge in [0.2, 0.25) is 5.95 Å². The quantitative estimate of drug-likeness (QED) is 0.579. The Balaban J connectivity index is 1.57. The summed E-state index contributed by atoms with van der Waals surface area (Å²) in [5.74, 6) is 0.648. The van der Waals surface area contributed by atoms with Gasteiger partial charge in [-0.3, -0.25) is 4.98 Å². The lowest BCUT2D eigenvalue weighted by atomic mass is 10.0. The van der Waals surface area contributed by atoms with E-state index in [0.29, 0.717) is 5.69 Å². The number of alkyl halides is 3. The molecule has 0 unspecified atom stereocenters. The van der Waals surface area contributed by atoms with Crippen molar-refractivity contribution in [1.29, 1.82) is 0 Å². The summed E-state index contributed by atoms with van der Waals surface area (Å²) in [6, 6.07) is 8.54. The molecule has 0 spiro atoms. The van der Waals surface area contributed by atoms with Crippen molar-refractivity contribution >= 4 is 17.3 Å². The van der Waals surface area contributed by atoms with Crippen molar-refractivity contribution in [2.45, 2.75) is 25.9 Å². The Hall–Kier alpha value is -3.16. The number of hydrogen-bond acceptors (Lipinski definition) is 5. The van der Waals surface area contributed by atoms with E-state index in [1.807, 2.05) is 31.2 Å². The van der Waals surface area contributed by atoms with Crippen LogP contribution in [0.4, 0.5) is 30.5 Å². The van der Waals surface area contributed by atoms with Gasteiger partial charge in [0.1, 0.15) is 5.69 Å². The number of nitrogens with zero attached hydrogens (tertiary/aromatic N) is 3. The van der Waals surface area contributed by atoms with Gasteiger partial charge in [-0.05, 0) is 61.1 Å². The lowest BCUT2D eigenvalue weighted by molar-refractivity contribution is -0.141. The van der Waals surface area contributed by atoms with Crippen LogP contribution in [0, 0.1) is 12.8 Å². The molecule has 8 heteroatoms. The van der Waals surface area contributed by atoms with Crippen LogP contribution in [0.25, 0.3) is 11.1 Å². The number of nitrogens with one attached hydrogen (secondary N) is 2. The molecule has 1 fully saturated rings. The van der Waals surface area contributed by atoms with Crippen LogP contribution in [0.15, 0.2) is 48.9 Å². The van der Waals surface area contributed by atoms with Crippen molar-refractivity contribution in [3.63, 3.8) is 0 Å². The van der Waals surface area contributed by atoms with E-state index in [1.54, 1.807) is 12.4 Å². The predicted octanol–water partition coefficient (Wildman–Crippen LogP) is 5.43. The van der Waals surface area contributed by atoms with E-state index in [-0.39, 0.29) is 5.95 Å². The zero-order chi connectivity index (χ0) is 20.4. The third-order valence-electron chi connectivity index (χ3n) is 4.64. The second kappa shape index (κ2) is 7.69. The van der Waals surface area contributed by atoms with Crippen molar-refractivity contribution in [1.82, 2.24) is 15.0 Å². The number of halogens is 3. The van der Waals surface area contributed by atoms with Crippen LogP contribution < -0.4 is 10.6 Å². The monoisotopic (exact) mass is 399 g/mol. The summed E-state index contributed by atoms with van der Waals surface area (Å²) in [5, 5.41) is 6.27. The number of aromatic nitrogens is 3. The molecule has 0 amide bonds. The topological polar surface area (TPSA) is 62.7 Å². The fraction of sp³-hybridized carbons (Fsp3) is 0.286. The van der Waals surface area contributed by atoms with Crippen LogP contribution in [-0.2, 0) is 6.18 Å². The maximum Gasteiger partial charge on any atom is 0.433 e. The van der Waals surface area contributed by atoms with Gasteiger partial charge in [-0.25, -0.2) is 9.97 Å². The van der Waals surface area contributed by atoms with Crippen LogP contribution in [0.1, 0.15) is 24.1 Å². The molecule has 29 heavy (non-hydrogen) atoms. The zero-order valence-corrected chi connectivity index (χ0v) is 15.8. The first kappa shape index (κ1) is 19.2. The van der Waals surface area contributed by atoms with Gasteiger partial charge < -0.3 is 10.6 Å². The lowest BCUT2D eigenvalue weighted by Gasteiger charge is -2.12. The largest absolute Gasteiger partial charge is 0.433 e. The average Bonchev–Trinajstić information content (AvgIpc) is 3.50. The number of hydrogen-bond donors (Lipinski definition) is 2. The smallest absolute Gasteiger partial charge is 0.384 e. The number of rotatable bonds is 6. The van der Waals surface area contributed by atoms with Crippen molar-refractivity contribution < 1.29 is 13.2 Å². The van der Waals surface area contributed by atoms with E-state index in [1.165, 1.54) is 12.8 Å². The minimum absolute atomic E-state index is 0.102. The second-order valence-electron chi connectivity index (χ2n) is 7.26.